The van der Waals surface area contributed by atoms with Crippen LogP contribution in [0.1, 0.15) is 23.0 Å². The van der Waals surface area contributed by atoms with Crippen LogP contribution in [0.15, 0.2) is 63.8 Å². The Morgan fingerprint density at radius 2 is 1.88 bits per heavy atom. The fourth-order valence-electron chi connectivity index (χ4n) is 5.80. The van der Waals surface area contributed by atoms with E-state index in [9.17, 15) is 14.0 Å². The Labute approximate surface area is 204 Å². The number of furan rings is 2. The number of carbonyl (C=O) groups is 2. The molecule has 2 spiro atoms. The summed E-state index contributed by atoms with van der Waals surface area (Å²) in [4.78, 5) is 33.5. The molecule has 3 aliphatic rings. The highest BCUT2D eigenvalue weighted by molar-refractivity contribution is 8.25. The first-order valence-electron chi connectivity index (χ1n) is 10.7. The first kappa shape index (κ1) is 21.6. The van der Waals surface area contributed by atoms with E-state index in [4.69, 9.17) is 21.1 Å². The van der Waals surface area contributed by atoms with Crippen molar-refractivity contribution < 1.29 is 22.8 Å². The molecule has 0 N–H and O–H groups in total. The van der Waals surface area contributed by atoms with Crippen molar-refractivity contribution in [3.63, 3.8) is 0 Å². The minimum Gasteiger partial charge on any atom is -0.469 e. The van der Waals surface area contributed by atoms with Crippen molar-refractivity contribution in [2.75, 3.05) is 25.5 Å². The first-order valence-corrected chi connectivity index (χ1v) is 11.9. The summed E-state index contributed by atoms with van der Waals surface area (Å²) in [6.45, 7) is 0.489. The van der Waals surface area contributed by atoms with Crippen molar-refractivity contribution in [2.24, 2.45) is 0 Å². The van der Waals surface area contributed by atoms with Crippen molar-refractivity contribution in [3.05, 3.63) is 77.9 Å². The molecule has 174 valence electrons. The van der Waals surface area contributed by atoms with Gasteiger partial charge in [-0.25, -0.2) is 4.39 Å². The molecule has 2 amide bonds. The Balaban J connectivity index is 1.61. The third kappa shape index (κ3) is 2.48. The van der Waals surface area contributed by atoms with E-state index in [1.807, 2.05) is 4.90 Å². The molecule has 0 aliphatic carbocycles. The monoisotopic (exact) mass is 497 g/mol. The summed E-state index contributed by atoms with van der Waals surface area (Å²) in [7, 11) is 3.45. The summed E-state index contributed by atoms with van der Waals surface area (Å²) < 4.78 is 24.8. The number of benzene rings is 1. The van der Waals surface area contributed by atoms with E-state index in [-0.39, 0.29) is 18.4 Å². The lowest BCUT2D eigenvalue weighted by Crippen LogP contribution is -2.62. The molecule has 1 aromatic carbocycles. The standard InChI is InChI=1S/C24H20FN3O4S2/c1-26-13-17(19-6-4-10-32-19)24(21(30)28(22(33)34-24)12-15-5-3-9-31-15)23(26)16-11-14(25)7-8-18(16)27(2)20(23)29/h3-11,17H,12-13H2,1-2H3/t17?,23-,24+/m1/s1. The maximum atomic E-state index is 14.6. The molecule has 3 atom stereocenters. The molecule has 34 heavy (non-hydrogen) atoms. The van der Waals surface area contributed by atoms with Crippen molar-refractivity contribution in [1.82, 2.24) is 9.80 Å². The van der Waals surface area contributed by atoms with Crippen LogP contribution in [-0.4, -0.2) is 51.3 Å². The molecular weight excluding hydrogens is 477 g/mol. The Bertz CT molecular complexity index is 1330. The molecule has 7 nitrogen and oxygen atoms in total. The van der Waals surface area contributed by atoms with Gasteiger partial charge >= 0.3 is 0 Å². The summed E-state index contributed by atoms with van der Waals surface area (Å²) in [5.41, 5.74) is -0.443. The average molecular weight is 498 g/mol. The van der Waals surface area contributed by atoms with E-state index < -0.39 is 22.0 Å². The smallest absolute Gasteiger partial charge is 0.254 e. The second kappa shape index (κ2) is 7.27. The van der Waals surface area contributed by atoms with Crippen LogP contribution in [0.25, 0.3) is 0 Å². The number of thiocarbonyl (C=S) groups is 1. The van der Waals surface area contributed by atoms with Gasteiger partial charge in [0.2, 0.25) is 5.91 Å². The minimum absolute atomic E-state index is 0.143. The van der Waals surface area contributed by atoms with Gasteiger partial charge < -0.3 is 13.7 Å². The molecule has 5 heterocycles. The molecular formula is C24H20FN3O4S2. The summed E-state index contributed by atoms with van der Waals surface area (Å²) in [6.07, 6.45) is 3.08. The third-order valence-corrected chi connectivity index (χ3v) is 9.14. The predicted octanol–water partition coefficient (Wildman–Crippen LogP) is 3.71. The van der Waals surface area contributed by atoms with E-state index in [0.717, 1.165) is 0 Å². The van der Waals surface area contributed by atoms with Crippen LogP contribution in [-0.2, 0) is 21.7 Å². The number of anilines is 1. The van der Waals surface area contributed by atoms with Gasteiger partial charge in [0.15, 0.2) is 5.54 Å². The number of fused-ring (bicyclic) bond motifs is 3. The maximum Gasteiger partial charge on any atom is 0.254 e. The third-order valence-electron chi connectivity index (χ3n) is 7.19. The summed E-state index contributed by atoms with van der Waals surface area (Å²) >= 11 is 6.90. The largest absolute Gasteiger partial charge is 0.469 e. The molecule has 2 fully saturated rings. The van der Waals surface area contributed by atoms with Crippen molar-refractivity contribution in [2.45, 2.75) is 22.7 Å². The highest BCUT2D eigenvalue weighted by atomic mass is 32.2. The number of likely N-dealkylation sites (N-methyl/N-ethyl adjacent to an activating group) is 2. The van der Waals surface area contributed by atoms with Gasteiger partial charge in [0, 0.05) is 24.8 Å². The topological polar surface area (TPSA) is 70.1 Å². The second-order valence-electron chi connectivity index (χ2n) is 8.76. The van der Waals surface area contributed by atoms with Gasteiger partial charge in [0.05, 0.1) is 25.0 Å². The number of halogens is 1. The van der Waals surface area contributed by atoms with E-state index in [2.05, 4.69) is 0 Å². The number of thioether (sulfide) groups is 1. The van der Waals surface area contributed by atoms with E-state index in [1.165, 1.54) is 40.0 Å². The van der Waals surface area contributed by atoms with E-state index in [0.29, 0.717) is 33.6 Å². The molecule has 3 aromatic rings. The number of hydrogen-bond donors (Lipinski definition) is 0. The number of rotatable bonds is 3. The van der Waals surface area contributed by atoms with Gasteiger partial charge in [0.1, 0.15) is 26.4 Å². The van der Waals surface area contributed by atoms with E-state index >= 15 is 0 Å². The number of likely N-dealkylation sites (tertiary alicyclic amines) is 1. The number of hydrogen-bond acceptors (Lipinski definition) is 7. The van der Waals surface area contributed by atoms with Gasteiger partial charge in [-0.05, 0) is 49.5 Å². The van der Waals surface area contributed by atoms with Crippen LogP contribution in [0, 0.1) is 5.82 Å². The molecule has 2 saturated heterocycles. The first-order chi connectivity index (χ1) is 16.3. The Hall–Kier alpha value is -2.95. The highest BCUT2D eigenvalue weighted by Crippen LogP contribution is 2.66. The van der Waals surface area contributed by atoms with Crippen LogP contribution in [0.3, 0.4) is 0 Å². The van der Waals surface area contributed by atoms with Gasteiger partial charge in [-0.2, -0.15) is 0 Å². The lowest BCUT2D eigenvalue weighted by atomic mass is 9.73. The molecule has 0 radical (unpaired) electrons. The van der Waals surface area contributed by atoms with Crippen LogP contribution in [0.5, 0.6) is 0 Å². The van der Waals surface area contributed by atoms with Crippen LogP contribution in [0.2, 0.25) is 0 Å². The number of carbonyl (C=O) groups excluding carboxylic acids is 2. The molecule has 2 aromatic heterocycles. The summed E-state index contributed by atoms with van der Waals surface area (Å²) in [6, 6.07) is 11.4. The molecule has 10 heteroatoms. The van der Waals surface area contributed by atoms with Crippen molar-refractivity contribution in [3.8, 4) is 0 Å². The Morgan fingerprint density at radius 3 is 2.59 bits per heavy atom. The zero-order valence-corrected chi connectivity index (χ0v) is 20.0. The lowest BCUT2D eigenvalue weighted by molar-refractivity contribution is -0.139. The minimum atomic E-state index is -1.47. The summed E-state index contributed by atoms with van der Waals surface area (Å²) in [5.74, 6) is -0.443. The molecule has 0 bridgehead atoms. The lowest BCUT2D eigenvalue weighted by Gasteiger charge is -2.41. The molecule has 6 rings (SSSR count). The van der Waals surface area contributed by atoms with Crippen molar-refractivity contribution in [1.29, 1.82) is 0 Å². The van der Waals surface area contributed by atoms with Crippen LogP contribution in [0.4, 0.5) is 10.1 Å². The van der Waals surface area contributed by atoms with Crippen LogP contribution < -0.4 is 4.90 Å². The SMILES string of the molecule is CN1C(=O)[C@@]2(c3cc(F)ccc31)N(C)CC(c1ccco1)[C@@]21SC(=S)N(Cc2ccco2)C1=O. The quantitative estimate of drug-likeness (QED) is 0.511. The highest BCUT2D eigenvalue weighted by Gasteiger charge is 2.79. The average Bonchev–Trinajstić information content (AvgIpc) is 3.61. The van der Waals surface area contributed by atoms with E-state index in [1.54, 1.807) is 50.7 Å². The zero-order chi connectivity index (χ0) is 23.8. The number of amides is 2. The summed E-state index contributed by atoms with van der Waals surface area (Å²) in [5, 5.41) is 0. The Morgan fingerprint density at radius 1 is 1.12 bits per heavy atom. The fraction of sp³-hybridized carbons (Fsp3) is 0.292. The van der Waals surface area contributed by atoms with Gasteiger partial charge in [-0.15, -0.1) is 0 Å². The van der Waals surface area contributed by atoms with Gasteiger partial charge in [-0.3, -0.25) is 19.4 Å². The van der Waals surface area contributed by atoms with Gasteiger partial charge in [0.25, 0.3) is 5.91 Å². The molecule has 0 saturated carbocycles. The predicted molar refractivity (Wildman–Crippen MR) is 128 cm³/mol. The van der Waals surface area contributed by atoms with Crippen LogP contribution >= 0.6 is 24.0 Å². The maximum absolute atomic E-state index is 14.6. The second-order valence-corrected chi connectivity index (χ2v) is 10.6. The fourth-order valence-corrected chi connectivity index (χ4v) is 7.91. The molecule has 1 unspecified atom stereocenters. The Kier molecular flexibility index (Phi) is 4.61. The van der Waals surface area contributed by atoms with Gasteiger partial charge in [-0.1, -0.05) is 24.0 Å². The zero-order valence-electron chi connectivity index (χ0n) is 18.4. The van der Waals surface area contributed by atoms with Crippen molar-refractivity contribution >= 4 is 45.8 Å². The number of nitrogens with zero attached hydrogens (tertiary/aromatic N) is 3. The molecule has 3 aliphatic heterocycles. The normalized spacial score (nSPS) is 28.8.